The molecule has 0 radical (unpaired) electrons. The molecule has 2 aromatic heterocycles. The number of nitrogens with two attached hydrogens (primary N) is 1. The molecule has 414 valence electrons. The molecule has 0 aliphatic carbocycles. The summed E-state index contributed by atoms with van der Waals surface area (Å²) < 4.78 is 60.9. The summed E-state index contributed by atoms with van der Waals surface area (Å²) in [6, 6.07) is 0. The average Bonchev–Trinajstić information content (AvgIpc) is 3.87. The van der Waals surface area contributed by atoms with Gasteiger partial charge in [-0.2, -0.15) is 0 Å². The van der Waals surface area contributed by atoms with Gasteiger partial charge in [0.1, 0.15) is 36.3 Å². The van der Waals surface area contributed by atoms with Crippen molar-refractivity contribution >= 4 is 69.1 Å². The van der Waals surface area contributed by atoms with E-state index >= 15 is 0 Å². The Hall–Kier alpha value is -2.48. The number of aliphatic hydroxyl groups excluding tert-OH is 3. The van der Waals surface area contributed by atoms with Gasteiger partial charge in [-0.1, -0.05) is 135 Å². The minimum absolute atomic E-state index is 0.0193. The lowest BCUT2D eigenvalue weighted by molar-refractivity contribution is -0.347. The van der Waals surface area contributed by atoms with Crippen LogP contribution in [-0.4, -0.2) is 115 Å². The van der Waals surface area contributed by atoms with Crippen molar-refractivity contribution in [3.05, 3.63) is 12.7 Å². The van der Waals surface area contributed by atoms with Crippen molar-refractivity contribution in [3.8, 4) is 0 Å². The van der Waals surface area contributed by atoms with Crippen molar-refractivity contribution in [3.63, 3.8) is 0 Å². The summed E-state index contributed by atoms with van der Waals surface area (Å²) in [5.74, 6) is -1.14. The van der Waals surface area contributed by atoms with E-state index in [9.17, 15) is 57.9 Å². The predicted molar refractivity (Wildman–Crippen MR) is 258 cm³/mol. The monoisotopic (exact) mass is 1100 g/mol. The van der Waals surface area contributed by atoms with E-state index in [1.807, 2.05) is 0 Å². The number of carbonyl (C=O) groups excluding carboxylic acids is 3. The maximum absolute atomic E-state index is 12.7. The quantitative estimate of drug-likeness (QED) is 0.0412. The van der Waals surface area contributed by atoms with Crippen LogP contribution in [0.4, 0.5) is 5.82 Å². The highest BCUT2D eigenvalue weighted by molar-refractivity contribution is 8.13. The smallest absolute Gasteiger partial charge is 0.274 e. The van der Waals surface area contributed by atoms with E-state index < -0.39 is 84.6 Å². The number of ether oxygens (including phenoxy) is 1. The van der Waals surface area contributed by atoms with Crippen molar-refractivity contribution in [2.45, 2.75) is 179 Å². The summed E-state index contributed by atoms with van der Waals surface area (Å²) >= 11 is 1.14. The van der Waals surface area contributed by atoms with Crippen molar-refractivity contribution in [1.29, 1.82) is 0 Å². The number of fused-ring (bicyclic) bond motifs is 1. The van der Waals surface area contributed by atoms with Gasteiger partial charge in [0, 0.05) is 43.7 Å². The van der Waals surface area contributed by atoms with E-state index in [1.54, 1.807) is 0 Å². The SMILES string of the molecule is CC(C)(COP(=O)([O-])OP(=O)([O-])OC[C@H]1O[C@@H](n2cnc3c(N)ncnc32)[C@H](O)[C@@H]1OP(=O)([O-])[O-])[C@@H](O)C(=O)NCCC(=O)NCCSC(=O)CCCCCCCCCCCCCCCCCCCCCO. The van der Waals surface area contributed by atoms with Gasteiger partial charge in [-0.25, -0.2) is 19.3 Å². The normalized spacial score (nSPS) is 19.5. The first-order valence-electron chi connectivity index (χ1n) is 24.6. The number of thioether (sulfide) groups is 1. The van der Waals surface area contributed by atoms with E-state index in [0.717, 1.165) is 61.1 Å². The number of phosphoric acid groups is 3. The lowest BCUT2D eigenvalue weighted by atomic mass is 9.87. The molecule has 1 fully saturated rings. The number of phosphoric ester groups is 3. The number of anilines is 1. The summed E-state index contributed by atoms with van der Waals surface area (Å²) in [6.07, 6.45) is 16.0. The van der Waals surface area contributed by atoms with Crippen LogP contribution in [0, 0.1) is 5.41 Å². The molecule has 1 aliphatic heterocycles. The second-order valence-electron chi connectivity index (χ2n) is 18.4. The molecule has 7 N–H and O–H groups in total. The molecule has 3 heterocycles. The minimum Gasteiger partial charge on any atom is -0.790 e. The maximum atomic E-state index is 12.7. The van der Waals surface area contributed by atoms with E-state index in [2.05, 4.69) is 43.5 Å². The predicted octanol–water partition coefficient (Wildman–Crippen LogP) is 2.93. The molecule has 72 heavy (non-hydrogen) atoms. The molecule has 2 amide bonds. The number of aromatic nitrogens is 4. The van der Waals surface area contributed by atoms with Crippen molar-refractivity contribution < 1.29 is 85.6 Å². The number of imidazole rings is 1. The van der Waals surface area contributed by atoms with Crippen LogP contribution in [-0.2, 0) is 50.7 Å². The molecule has 0 spiro atoms. The van der Waals surface area contributed by atoms with E-state index in [4.69, 9.17) is 15.6 Å². The van der Waals surface area contributed by atoms with Crippen LogP contribution in [0.2, 0.25) is 0 Å². The summed E-state index contributed by atoms with van der Waals surface area (Å²) in [5.41, 5.74) is 4.09. The van der Waals surface area contributed by atoms with Gasteiger partial charge in [0.2, 0.25) is 11.8 Å². The summed E-state index contributed by atoms with van der Waals surface area (Å²) in [5, 5.41) is 35.3. The lowest BCUT2D eigenvalue weighted by Gasteiger charge is -2.36. The Kier molecular flexibility index (Phi) is 29.1. The largest absolute Gasteiger partial charge is 0.790 e. The Labute approximate surface area is 425 Å². The Morgan fingerprint density at radius 3 is 1.90 bits per heavy atom. The molecule has 0 bridgehead atoms. The topological polar surface area (TPSA) is 395 Å². The number of hydrogen-bond acceptors (Lipinski definition) is 23. The highest BCUT2D eigenvalue weighted by Crippen LogP contribution is 2.56. The fourth-order valence-electron chi connectivity index (χ4n) is 7.73. The molecule has 2 aromatic rings. The summed E-state index contributed by atoms with van der Waals surface area (Å²) in [6.45, 7) is 0.478. The number of rotatable bonds is 40. The van der Waals surface area contributed by atoms with E-state index in [-0.39, 0.29) is 41.6 Å². The zero-order valence-corrected chi connectivity index (χ0v) is 44.7. The van der Waals surface area contributed by atoms with Crippen LogP contribution in [0.25, 0.3) is 11.2 Å². The Balaban J connectivity index is 1.23. The number of nitrogen functional groups attached to an aromatic ring is 1. The third-order valence-electron chi connectivity index (χ3n) is 11.8. The van der Waals surface area contributed by atoms with Gasteiger partial charge in [0.25, 0.3) is 15.6 Å². The zero-order valence-electron chi connectivity index (χ0n) is 41.2. The average molecular weight is 1100 g/mol. The highest BCUT2D eigenvalue weighted by atomic mass is 32.2. The van der Waals surface area contributed by atoms with Crippen molar-refractivity contribution in [2.75, 3.05) is 44.4 Å². The number of amides is 2. The van der Waals surface area contributed by atoms with E-state index in [0.29, 0.717) is 18.8 Å². The second kappa shape index (κ2) is 32.8. The zero-order chi connectivity index (χ0) is 53.2. The first-order valence-corrected chi connectivity index (χ1v) is 30.0. The summed E-state index contributed by atoms with van der Waals surface area (Å²) in [4.78, 5) is 97.0. The van der Waals surface area contributed by atoms with Gasteiger partial charge in [-0.3, -0.25) is 28.1 Å². The Morgan fingerprint density at radius 2 is 1.35 bits per heavy atom. The van der Waals surface area contributed by atoms with Crippen LogP contribution in [0.5, 0.6) is 0 Å². The van der Waals surface area contributed by atoms with Crippen molar-refractivity contribution in [1.82, 2.24) is 30.2 Å². The van der Waals surface area contributed by atoms with Crippen LogP contribution in [0.15, 0.2) is 12.7 Å². The van der Waals surface area contributed by atoms with Crippen LogP contribution in [0.1, 0.15) is 155 Å². The third kappa shape index (κ3) is 24.9. The molecule has 7 atom stereocenters. The summed E-state index contributed by atoms with van der Waals surface area (Å²) in [7, 11) is -17.6. The Bertz CT molecular complexity index is 2090. The first-order chi connectivity index (χ1) is 34.1. The molecule has 0 aromatic carbocycles. The van der Waals surface area contributed by atoms with Gasteiger partial charge >= 0.3 is 0 Å². The molecule has 1 saturated heterocycles. The van der Waals surface area contributed by atoms with Crippen LogP contribution < -0.4 is 35.9 Å². The molecule has 25 nitrogen and oxygen atoms in total. The second-order valence-corrected chi connectivity index (χ2v) is 23.6. The number of aliphatic hydroxyl groups is 3. The molecule has 29 heteroatoms. The van der Waals surface area contributed by atoms with Crippen molar-refractivity contribution in [2.24, 2.45) is 5.41 Å². The Morgan fingerprint density at radius 1 is 0.806 bits per heavy atom. The molecule has 3 rings (SSSR count). The highest BCUT2D eigenvalue weighted by Gasteiger charge is 2.47. The van der Waals surface area contributed by atoms with Crippen LogP contribution in [0.3, 0.4) is 0 Å². The molecule has 2 unspecified atom stereocenters. The number of nitrogens with one attached hydrogen (secondary N) is 2. The molecule has 1 aliphatic rings. The van der Waals surface area contributed by atoms with Crippen LogP contribution >= 0.6 is 35.2 Å². The molecular weight excluding hydrogens is 1030 g/mol. The number of carbonyl (C=O) groups is 3. The first kappa shape index (κ1) is 63.8. The molecule has 0 saturated carbocycles. The van der Waals surface area contributed by atoms with Gasteiger partial charge in [0.15, 0.2) is 22.8 Å². The third-order valence-corrected chi connectivity index (χ3v) is 15.7. The fraction of sp³-hybridized carbons (Fsp3) is 0.814. The fourth-order valence-corrected chi connectivity index (χ4v) is 11.2. The van der Waals surface area contributed by atoms with E-state index in [1.165, 1.54) is 104 Å². The van der Waals surface area contributed by atoms with Gasteiger partial charge in [-0.05, 0) is 12.8 Å². The van der Waals surface area contributed by atoms with Gasteiger partial charge < -0.3 is 74.1 Å². The number of nitrogens with zero attached hydrogens (tertiary/aromatic N) is 4. The minimum atomic E-state index is -5.92. The molecular formula is C43H74N7O18P3S-4. The lowest BCUT2D eigenvalue weighted by Crippen LogP contribution is -2.46. The number of unbranched alkanes of at least 4 members (excludes halogenated alkanes) is 18. The standard InChI is InChI=1S/C43H78N7O18P3S/c1-43(2,29-65-71(62,63)68-70(60,61)64-28-32-37(67-69(57,58)59)36(54)42(66-32)50-31-49-35-39(44)47-30-48-40(35)50)38(55)41(56)46-24-23-33(52)45-25-27-72-34(53)22-20-18-16-14-12-10-8-6-4-3-5-7-9-11-13-15-17-19-21-26-51/h30-32,36-38,42,51,54-55H,3-29H2,1-2H3,(H,45,52)(H,46,56)(H,60,61)(H,62,63)(H2,44,47,48)(H2,57,58,59)/p-4/t32-,36-,37-,38+,42-/m1/s1. The van der Waals surface area contributed by atoms with Gasteiger partial charge in [0.05, 0.1) is 27.4 Å². The van der Waals surface area contributed by atoms with Gasteiger partial charge in [-0.15, -0.1) is 0 Å². The number of hydrogen-bond donors (Lipinski definition) is 6. The maximum Gasteiger partial charge on any atom is 0.274 e.